The minimum absolute atomic E-state index is 0.0521. The first-order chi connectivity index (χ1) is 12.7. The molecule has 0 atom stereocenters. The second-order valence-corrected chi connectivity index (χ2v) is 6.16. The fourth-order valence-electron chi connectivity index (χ4n) is 2.88. The van der Waals surface area contributed by atoms with E-state index in [1.165, 1.54) is 0 Å². The van der Waals surface area contributed by atoms with Crippen molar-refractivity contribution < 1.29 is 9.59 Å². The normalized spacial score (nSPS) is 14.2. The zero-order valence-electron chi connectivity index (χ0n) is 14.9. The van der Waals surface area contributed by atoms with Crippen LogP contribution in [0.15, 0.2) is 42.7 Å². The Morgan fingerprint density at radius 1 is 1.04 bits per heavy atom. The summed E-state index contributed by atoms with van der Waals surface area (Å²) < 4.78 is 0. The molecule has 1 saturated heterocycles. The summed E-state index contributed by atoms with van der Waals surface area (Å²) in [6.45, 7) is 5.20. The SMILES string of the molecule is CCCNC(=O)c1cccc(C(=O)N2CCN(c3ncccn3)CC2)c1. The van der Waals surface area contributed by atoms with Gasteiger partial charge < -0.3 is 15.1 Å². The summed E-state index contributed by atoms with van der Waals surface area (Å²) in [6.07, 6.45) is 4.31. The summed E-state index contributed by atoms with van der Waals surface area (Å²) in [4.78, 5) is 37.3. The number of nitrogens with zero attached hydrogens (tertiary/aromatic N) is 4. The van der Waals surface area contributed by atoms with Crippen molar-refractivity contribution >= 4 is 17.8 Å². The molecule has 0 radical (unpaired) electrons. The van der Waals surface area contributed by atoms with Gasteiger partial charge in [0.2, 0.25) is 5.95 Å². The molecule has 0 saturated carbocycles. The fraction of sp³-hybridized carbons (Fsp3) is 0.368. The third-order valence-corrected chi connectivity index (χ3v) is 4.31. The van der Waals surface area contributed by atoms with Crippen LogP contribution in [0, 0.1) is 0 Å². The third kappa shape index (κ3) is 4.17. The lowest BCUT2D eigenvalue weighted by Crippen LogP contribution is -2.49. The Hall–Kier alpha value is -2.96. The van der Waals surface area contributed by atoms with Gasteiger partial charge in [0.05, 0.1) is 0 Å². The van der Waals surface area contributed by atoms with E-state index in [1.807, 2.05) is 11.8 Å². The van der Waals surface area contributed by atoms with Crippen LogP contribution >= 0.6 is 0 Å². The number of nitrogens with one attached hydrogen (secondary N) is 1. The van der Waals surface area contributed by atoms with Gasteiger partial charge in [0.25, 0.3) is 11.8 Å². The molecule has 0 aliphatic carbocycles. The Bertz CT molecular complexity index is 758. The maximum absolute atomic E-state index is 12.8. The van der Waals surface area contributed by atoms with Gasteiger partial charge in [0, 0.05) is 56.2 Å². The standard InChI is InChI=1S/C19H23N5O2/c1-2-7-20-17(25)15-5-3-6-16(14-15)18(26)23-10-12-24(13-11-23)19-21-8-4-9-22-19/h3-6,8-9,14H,2,7,10-13H2,1H3,(H,20,25). The molecule has 2 amide bonds. The number of hydrogen-bond acceptors (Lipinski definition) is 5. The maximum Gasteiger partial charge on any atom is 0.253 e. The number of hydrogen-bond donors (Lipinski definition) is 1. The predicted octanol–water partition coefficient (Wildman–Crippen LogP) is 1.58. The van der Waals surface area contributed by atoms with E-state index < -0.39 is 0 Å². The molecule has 0 bridgehead atoms. The smallest absolute Gasteiger partial charge is 0.253 e. The van der Waals surface area contributed by atoms with E-state index in [4.69, 9.17) is 0 Å². The lowest BCUT2D eigenvalue weighted by Gasteiger charge is -2.34. The minimum atomic E-state index is -0.146. The lowest BCUT2D eigenvalue weighted by atomic mass is 10.1. The maximum atomic E-state index is 12.8. The van der Waals surface area contributed by atoms with Crippen LogP contribution in [0.2, 0.25) is 0 Å². The lowest BCUT2D eigenvalue weighted by molar-refractivity contribution is 0.0746. The van der Waals surface area contributed by atoms with Gasteiger partial charge in [-0.25, -0.2) is 9.97 Å². The Balaban J connectivity index is 1.62. The van der Waals surface area contributed by atoms with E-state index >= 15 is 0 Å². The third-order valence-electron chi connectivity index (χ3n) is 4.31. The van der Waals surface area contributed by atoms with E-state index in [1.54, 1.807) is 42.7 Å². The molecule has 2 aromatic rings. The predicted molar refractivity (Wildman–Crippen MR) is 99.2 cm³/mol. The van der Waals surface area contributed by atoms with Gasteiger partial charge in [0.15, 0.2) is 0 Å². The van der Waals surface area contributed by atoms with Gasteiger partial charge in [-0.15, -0.1) is 0 Å². The highest BCUT2D eigenvalue weighted by Gasteiger charge is 2.23. The Morgan fingerprint density at radius 2 is 1.73 bits per heavy atom. The molecule has 1 fully saturated rings. The van der Waals surface area contributed by atoms with Crippen molar-refractivity contribution in [2.24, 2.45) is 0 Å². The number of benzene rings is 1. The number of carbonyl (C=O) groups excluding carboxylic acids is 2. The van der Waals surface area contributed by atoms with Crippen molar-refractivity contribution in [1.29, 1.82) is 0 Å². The molecule has 3 rings (SSSR count). The highest BCUT2D eigenvalue weighted by molar-refractivity contribution is 5.99. The first kappa shape index (κ1) is 17.8. The Labute approximate surface area is 153 Å². The summed E-state index contributed by atoms with van der Waals surface area (Å²) in [7, 11) is 0. The van der Waals surface area contributed by atoms with E-state index in [9.17, 15) is 9.59 Å². The van der Waals surface area contributed by atoms with Crippen molar-refractivity contribution in [2.45, 2.75) is 13.3 Å². The average molecular weight is 353 g/mol. The summed E-state index contributed by atoms with van der Waals surface area (Å²) >= 11 is 0. The van der Waals surface area contributed by atoms with E-state index in [0.717, 1.165) is 6.42 Å². The summed E-state index contributed by atoms with van der Waals surface area (Å²) in [5.41, 5.74) is 1.05. The molecule has 1 N–H and O–H groups in total. The number of amides is 2. The molecular weight excluding hydrogens is 330 g/mol. The largest absolute Gasteiger partial charge is 0.352 e. The first-order valence-corrected chi connectivity index (χ1v) is 8.88. The van der Waals surface area contributed by atoms with Gasteiger partial charge in [-0.2, -0.15) is 0 Å². The number of aromatic nitrogens is 2. The van der Waals surface area contributed by atoms with Crippen LogP contribution in [0.1, 0.15) is 34.1 Å². The molecular formula is C19H23N5O2. The summed E-state index contributed by atoms with van der Waals surface area (Å²) in [6, 6.07) is 8.69. The highest BCUT2D eigenvalue weighted by Crippen LogP contribution is 2.14. The first-order valence-electron chi connectivity index (χ1n) is 8.88. The number of piperazine rings is 1. The van der Waals surface area contributed by atoms with Crippen LogP contribution in [0.25, 0.3) is 0 Å². The van der Waals surface area contributed by atoms with Crippen LogP contribution in [0.4, 0.5) is 5.95 Å². The van der Waals surface area contributed by atoms with Crippen LogP contribution in [-0.2, 0) is 0 Å². The average Bonchev–Trinajstić information content (AvgIpc) is 2.72. The van der Waals surface area contributed by atoms with Gasteiger partial charge in [-0.3, -0.25) is 9.59 Å². The highest BCUT2D eigenvalue weighted by atomic mass is 16.2. The van der Waals surface area contributed by atoms with Gasteiger partial charge >= 0.3 is 0 Å². The minimum Gasteiger partial charge on any atom is -0.352 e. The number of carbonyl (C=O) groups is 2. The van der Waals surface area contributed by atoms with Gasteiger partial charge in [-0.05, 0) is 30.7 Å². The van der Waals surface area contributed by atoms with Crippen molar-refractivity contribution in [1.82, 2.24) is 20.2 Å². The van der Waals surface area contributed by atoms with E-state index in [-0.39, 0.29) is 11.8 Å². The van der Waals surface area contributed by atoms with Crippen molar-refractivity contribution in [3.8, 4) is 0 Å². The molecule has 0 spiro atoms. The molecule has 1 aromatic carbocycles. The molecule has 0 unspecified atom stereocenters. The zero-order valence-corrected chi connectivity index (χ0v) is 14.9. The Kier molecular flexibility index (Phi) is 5.78. The van der Waals surface area contributed by atoms with Crippen molar-refractivity contribution in [2.75, 3.05) is 37.6 Å². The quantitative estimate of drug-likeness (QED) is 0.883. The van der Waals surface area contributed by atoms with E-state index in [2.05, 4.69) is 20.2 Å². The van der Waals surface area contributed by atoms with Crippen LogP contribution in [-0.4, -0.2) is 59.4 Å². The second-order valence-electron chi connectivity index (χ2n) is 6.16. The number of rotatable bonds is 5. The molecule has 1 aliphatic heterocycles. The monoisotopic (exact) mass is 353 g/mol. The molecule has 26 heavy (non-hydrogen) atoms. The van der Waals surface area contributed by atoms with Crippen LogP contribution < -0.4 is 10.2 Å². The van der Waals surface area contributed by atoms with Gasteiger partial charge in [-0.1, -0.05) is 13.0 Å². The number of anilines is 1. The fourth-order valence-corrected chi connectivity index (χ4v) is 2.88. The Morgan fingerprint density at radius 3 is 2.42 bits per heavy atom. The molecule has 7 nitrogen and oxygen atoms in total. The van der Waals surface area contributed by atoms with Crippen LogP contribution in [0.3, 0.4) is 0 Å². The summed E-state index contributed by atoms with van der Waals surface area (Å²) in [5.74, 6) is 0.491. The molecule has 1 aliphatic rings. The molecule has 2 heterocycles. The van der Waals surface area contributed by atoms with Gasteiger partial charge in [0.1, 0.15) is 0 Å². The van der Waals surface area contributed by atoms with Crippen molar-refractivity contribution in [3.63, 3.8) is 0 Å². The van der Waals surface area contributed by atoms with Crippen molar-refractivity contribution in [3.05, 3.63) is 53.9 Å². The summed E-state index contributed by atoms with van der Waals surface area (Å²) in [5, 5.41) is 2.83. The second kappa shape index (κ2) is 8.42. The zero-order chi connectivity index (χ0) is 18.4. The molecule has 1 aromatic heterocycles. The molecule has 7 heteroatoms. The topological polar surface area (TPSA) is 78.4 Å². The molecule has 136 valence electrons. The van der Waals surface area contributed by atoms with E-state index in [0.29, 0.717) is 49.8 Å². The van der Waals surface area contributed by atoms with Crippen LogP contribution in [0.5, 0.6) is 0 Å².